The number of hydrogen-bond donors (Lipinski definition) is 5. The molecule has 13 nitrogen and oxygen atoms in total. The first kappa shape index (κ1) is 32.0. The average molecular weight is 641 g/mol. The van der Waals surface area contributed by atoms with Crippen molar-refractivity contribution in [3.05, 3.63) is 52.2 Å². The molecule has 1 aromatic carbocycles. The van der Waals surface area contributed by atoms with Crippen LogP contribution in [-0.2, 0) is 30.4 Å². The van der Waals surface area contributed by atoms with Gasteiger partial charge in [0.15, 0.2) is 4.34 Å². The van der Waals surface area contributed by atoms with Gasteiger partial charge in [0.25, 0.3) is 5.91 Å². The summed E-state index contributed by atoms with van der Waals surface area (Å²) < 4.78 is 0.461. The SMILES string of the molecule is CC(=O)Nc1nnc(SCC(=O)N[C@@H]2C(=O)N3C(C(=O)O)=C(C(Cc4ccc(O)cc4)=C4CCNC4=O)CS[C@H]23)s1.[NaH]. The van der Waals surface area contributed by atoms with Crippen LogP contribution in [0.15, 0.2) is 51.0 Å². The summed E-state index contributed by atoms with van der Waals surface area (Å²) in [6.45, 7) is 1.77. The predicted molar refractivity (Wildman–Crippen MR) is 158 cm³/mol. The van der Waals surface area contributed by atoms with E-state index in [1.54, 1.807) is 12.1 Å². The molecule has 2 aromatic rings. The molecule has 0 bridgehead atoms. The second kappa shape index (κ2) is 13.6. The molecule has 1 aromatic heterocycles. The van der Waals surface area contributed by atoms with Gasteiger partial charge in [-0.2, -0.15) is 0 Å². The van der Waals surface area contributed by atoms with Crippen molar-refractivity contribution in [2.45, 2.75) is 35.5 Å². The monoisotopic (exact) mass is 640 g/mol. The van der Waals surface area contributed by atoms with Gasteiger partial charge in [-0.25, -0.2) is 4.79 Å². The van der Waals surface area contributed by atoms with Gasteiger partial charge in [-0.15, -0.1) is 22.0 Å². The van der Waals surface area contributed by atoms with Crippen LogP contribution in [0.2, 0.25) is 0 Å². The van der Waals surface area contributed by atoms with Crippen LogP contribution < -0.4 is 16.0 Å². The number of carbonyl (C=O) groups excluding carboxylic acids is 4. The Hall–Kier alpha value is -2.89. The van der Waals surface area contributed by atoms with Crippen molar-refractivity contribution >= 4 is 99.1 Å². The van der Waals surface area contributed by atoms with E-state index in [4.69, 9.17) is 0 Å². The summed E-state index contributed by atoms with van der Waals surface area (Å²) in [5, 5.41) is 35.2. The first-order valence-corrected chi connectivity index (χ1v) is 15.2. The van der Waals surface area contributed by atoms with Crippen LogP contribution >= 0.6 is 34.9 Å². The van der Waals surface area contributed by atoms with Crippen molar-refractivity contribution in [3.8, 4) is 5.75 Å². The number of phenols is 1. The molecule has 42 heavy (non-hydrogen) atoms. The van der Waals surface area contributed by atoms with Gasteiger partial charge in [0.05, 0.1) is 5.75 Å². The average Bonchev–Trinajstić information content (AvgIpc) is 3.57. The molecule has 0 spiro atoms. The Bertz CT molecular complexity index is 1510. The molecule has 5 rings (SSSR count). The summed E-state index contributed by atoms with van der Waals surface area (Å²) in [4.78, 5) is 63.3. The van der Waals surface area contributed by atoms with Gasteiger partial charge >= 0.3 is 35.5 Å². The maximum atomic E-state index is 13.2. The summed E-state index contributed by atoms with van der Waals surface area (Å²) >= 11 is 3.52. The maximum absolute atomic E-state index is 13.2. The Morgan fingerprint density at radius 2 is 1.93 bits per heavy atom. The fraction of sp³-hybridized carbons (Fsp3) is 0.320. The van der Waals surface area contributed by atoms with E-state index in [1.807, 2.05) is 0 Å². The number of benzene rings is 1. The number of thioether (sulfide) groups is 2. The third-order valence-corrected chi connectivity index (χ3v) is 9.74. The molecule has 4 amide bonds. The number of anilines is 1. The molecular formula is C25H25N6NaO7S3. The molecule has 2 saturated heterocycles. The van der Waals surface area contributed by atoms with Crippen molar-refractivity contribution in [2.75, 3.05) is 23.4 Å². The fourth-order valence-corrected chi connectivity index (χ4v) is 7.68. The van der Waals surface area contributed by atoms with Crippen LogP contribution in [0, 0.1) is 0 Å². The summed E-state index contributed by atoms with van der Waals surface area (Å²) in [6, 6.07) is 5.52. The van der Waals surface area contributed by atoms with Crippen LogP contribution in [-0.4, -0.2) is 114 Å². The van der Waals surface area contributed by atoms with Gasteiger partial charge < -0.3 is 26.2 Å². The van der Waals surface area contributed by atoms with Gasteiger partial charge in [0, 0.05) is 24.8 Å². The van der Waals surface area contributed by atoms with Crippen molar-refractivity contribution in [1.82, 2.24) is 25.7 Å². The van der Waals surface area contributed by atoms with Gasteiger partial charge in [-0.05, 0) is 41.7 Å². The number of rotatable bonds is 9. The minimum absolute atomic E-state index is 0. The van der Waals surface area contributed by atoms with Crippen LogP contribution in [0.3, 0.4) is 0 Å². The predicted octanol–water partition coefficient (Wildman–Crippen LogP) is 0.444. The van der Waals surface area contributed by atoms with Crippen molar-refractivity contribution in [3.63, 3.8) is 0 Å². The van der Waals surface area contributed by atoms with E-state index in [9.17, 15) is 34.2 Å². The van der Waals surface area contributed by atoms with Gasteiger partial charge in [0.2, 0.25) is 22.9 Å². The van der Waals surface area contributed by atoms with Crippen LogP contribution in [0.5, 0.6) is 5.75 Å². The zero-order valence-corrected chi connectivity index (χ0v) is 24.0. The minimum atomic E-state index is -1.30. The number of β-lactam (4-membered cyclic amide) rings is 1. The number of aliphatic carboxylic acids is 1. The standard InChI is InChI=1S/C25H24N6O7S3.Na.H/c1-11(32)27-24-29-30-25(41-24)40-10-17(34)28-18-21(36)31-19(23(37)38)16(9-39-22(18)31)15(14-6-7-26-20(14)35)8-12-2-4-13(33)5-3-12;;/h2-5,18,22,33H,6-10H2,1H3,(H,26,35)(H,28,34)(H,37,38)(H,27,29,32);;/t18-,22-;;/m1../s1. The van der Waals surface area contributed by atoms with E-state index < -0.39 is 29.2 Å². The second-order valence-electron chi connectivity index (χ2n) is 9.24. The van der Waals surface area contributed by atoms with Crippen LogP contribution in [0.25, 0.3) is 0 Å². The molecule has 0 radical (unpaired) electrons. The van der Waals surface area contributed by atoms with E-state index >= 15 is 0 Å². The molecule has 2 fully saturated rings. The van der Waals surface area contributed by atoms with E-state index in [0.29, 0.717) is 39.2 Å². The number of carboxylic acids is 1. The van der Waals surface area contributed by atoms with E-state index in [1.165, 1.54) is 35.7 Å². The van der Waals surface area contributed by atoms with Crippen molar-refractivity contribution in [1.29, 1.82) is 0 Å². The molecule has 3 aliphatic heterocycles. The number of aromatic hydroxyl groups is 1. The molecule has 17 heteroatoms. The van der Waals surface area contributed by atoms with E-state index in [0.717, 1.165) is 28.7 Å². The number of phenolic OH excluding ortho intramolecular Hbond substituents is 1. The van der Waals surface area contributed by atoms with E-state index in [2.05, 4.69) is 26.1 Å². The van der Waals surface area contributed by atoms with Gasteiger partial charge in [0.1, 0.15) is 22.9 Å². The first-order valence-electron chi connectivity index (χ1n) is 12.3. The fourth-order valence-electron chi connectivity index (χ4n) is 4.68. The molecule has 0 saturated carbocycles. The van der Waals surface area contributed by atoms with Crippen LogP contribution in [0.4, 0.5) is 5.13 Å². The van der Waals surface area contributed by atoms with Gasteiger partial charge in [-0.1, -0.05) is 35.2 Å². The number of carboxylic acid groups (broad SMARTS) is 1. The topological polar surface area (TPSA) is 191 Å². The molecular weight excluding hydrogens is 616 g/mol. The summed E-state index contributed by atoms with van der Waals surface area (Å²) in [6.07, 6.45) is 0.664. The molecule has 2 atom stereocenters. The van der Waals surface area contributed by atoms with Crippen molar-refractivity contribution < 1.29 is 34.2 Å². The Balaban J connectivity index is 0.00000405. The third kappa shape index (κ3) is 6.84. The number of fused-ring (bicyclic) bond motifs is 1. The molecule has 3 aliphatic rings. The normalized spacial score (nSPS) is 20.6. The Labute approximate surface area is 274 Å². The Morgan fingerprint density at radius 3 is 2.57 bits per heavy atom. The summed E-state index contributed by atoms with van der Waals surface area (Å²) in [5.41, 5.74) is 1.98. The Kier molecular flexibility index (Phi) is 10.4. The number of carbonyl (C=O) groups is 5. The molecule has 216 valence electrons. The Morgan fingerprint density at radius 1 is 1.19 bits per heavy atom. The number of allylic oxidation sites excluding steroid dienone is 1. The summed E-state index contributed by atoms with van der Waals surface area (Å²) in [7, 11) is 0. The van der Waals surface area contributed by atoms with Crippen LogP contribution in [0.1, 0.15) is 18.9 Å². The zero-order chi connectivity index (χ0) is 29.3. The third-order valence-electron chi connectivity index (χ3n) is 6.48. The molecule has 0 aliphatic carbocycles. The summed E-state index contributed by atoms with van der Waals surface area (Å²) in [5.74, 6) is -2.61. The number of aromatic nitrogens is 2. The first-order chi connectivity index (χ1) is 19.6. The quantitative estimate of drug-likeness (QED) is 0.0841. The molecule has 0 unspecified atom stereocenters. The second-order valence-corrected chi connectivity index (χ2v) is 12.5. The zero-order valence-electron chi connectivity index (χ0n) is 21.5. The molecule has 5 N–H and O–H groups in total. The number of hydrogen-bond acceptors (Lipinski definition) is 11. The number of nitrogens with one attached hydrogen (secondary N) is 3. The van der Waals surface area contributed by atoms with E-state index in [-0.39, 0.29) is 70.7 Å². The molecule has 4 heterocycles. The van der Waals surface area contributed by atoms with Gasteiger partial charge in [-0.3, -0.25) is 24.1 Å². The number of nitrogens with zero attached hydrogens (tertiary/aromatic N) is 3. The number of amides is 4. The van der Waals surface area contributed by atoms with Crippen molar-refractivity contribution in [2.24, 2.45) is 0 Å².